The summed E-state index contributed by atoms with van der Waals surface area (Å²) >= 11 is 0. The molecule has 23 heavy (non-hydrogen) atoms. The fourth-order valence-electron chi connectivity index (χ4n) is 2.88. The summed E-state index contributed by atoms with van der Waals surface area (Å²) in [5.41, 5.74) is 5.67. The smallest absolute Gasteiger partial charge is 0.220 e. The quantitative estimate of drug-likeness (QED) is 0.804. The van der Waals surface area contributed by atoms with Gasteiger partial charge < -0.3 is 9.88 Å². The summed E-state index contributed by atoms with van der Waals surface area (Å²) in [6, 6.07) is 14.7. The van der Waals surface area contributed by atoms with Gasteiger partial charge in [0.05, 0.1) is 11.0 Å². The Morgan fingerprint density at radius 2 is 1.91 bits per heavy atom. The number of imidazole rings is 1. The van der Waals surface area contributed by atoms with Crippen molar-refractivity contribution in [2.45, 2.75) is 19.8 Å². The molecule has 118 valence electrons. The van der Waals surface area contributed by atoms with Crippen LogP contribution in [0.2, 0.25) is 0 Å². The Balaban J connectivity index is 2.03. The lowest BCUT2D eigenvalue weighted by Crippen LogP contribution is -2.18. The topological polar surface area (TPSA) is 46.9 Å². The maximum absolute atomic E-state index is 11.5. The van der Waals surface area contributed by atoms with Crippen LogP contribution in [0.25, 0.3) is 22.2 Å². The number of nitrogens with one attached hydrogen (secondary N) is 1. The van der Waals surface area contributed by atoms with Gasteiger partial charge in [-0.1, -0.05) is 30.3 Å². The average Bonchev–Trinajstić information content (AvgIpc) is 2.90. The van der Waals surface area contributed by atoms with Crippen molar-refractivity contribution in [2.75, 3.05) is 7.05 Å². The van der Waals surface area contributed by atoms with Crippen LogP contribution in [-0.2, 0) is 18.3 Å². The minimum absolute atomic E-state index is 0.0405. The van der Waals surface area contributed by atoms with E-state index in [-0.39, 0.29) is 5.91 Å². The Hall–Kier alpha value is -2.62. The molecule has 0 fully saturated rings. The van der Waals surface area contributed by atoms with Gasteiger partial charge in [-0.2, -0.15) is 0 Å². The lowest BCUT2D eigenvalue weighted by atomic mass is 10.0. The first-order valence-electron chi connectivity index (χ1n) is 7.82. The van der Waals surface area contributed by atoms with Gasteiger partial charge in [0.25, 0.3) is 0 Å². The van der Waals surface area contributed by atoms with E-state index in [1.54, 1.807) is 7.05 Å². The van der Waals surface area contributed by atoms with Crippen LogP contribution in [0.15, 0.2) is 42.5 Å². The largest absolute Gasteiger partial charge is 0.359 e. The molecule has 0 spiro atoms. The summed E-state index contributed by atoms with van der Waals surface area (Å²) < 4.78 is 2.09. The summed E-state index contributed by atoms with van der Waals surface area (Å²) in [5, 5.41) is 2.65. The van der Waals surface area contributed by atoms with E-state index in [0.29, 0.717) is 12.8 Å². The summed E-state index contributed by atoms with van der Waals surface area (Å²) in [7, 11) is 3.68. The van der Waals surface area contributed by atoms with E-state index in [1.807, 2.05) is 25.2 Å². The third-order valence-corrected chi connectivity index (χ3v) is 4.23. The van der Waals surface area contributed by atoms with Gasteiger partial charge in [-0.05, 0) is 35.7 Å². The highest BCUT2D eigenvalue weighted by atomic mass is 16.1. The molecular weight excluding hydrogens is 286 g/mol. The lowest BCUT2D eigenvalue weighted by Gasteiger charge is -2.06. The summed E-state index contributed by atoms with van der Waals surface area (Å²) in [6.45, 7) is 2.09. The number of nitrogens with zero attached hydrogens (tertiary/aromatic N) is 2. The first-order valence-corrected chi connectivity index (χ1v) is 7.82. The monoisotopic (exact) mass is 307 g/mol. The second-order valence-corrected chi connectivity index (χ2v) is 5.79. The number of hydrogen-bond donors (Lipinski definition) is 1. The van der Waals surface area contributed by atoms with Crippen LogP contribution in [0, 0.1) is 6.92 Å². The minimum Gasteiger partial charge on any atom is -0.359 e. The fourth-order valence-corrected chi connectivity index (χ4v) is 2.88. The molecule has 0 bridgehead atoms. The van der Waals surface area contributed by atoms with E-state index < -0.39 is 0 Å². The second-order valence-electron chi connectivity index (χ2n) is 5.79. The molecule has 4 nitrogen and oxygen atoms in total. The van der Waals surface area contributed by atoms with Crippen LogP contribution in [-0.4, -0.2) is 22.5 Å². The van der Waals surface area contributed by atoms with E-state index in [4.69, 9.17) is 4.98 Å². The number of carbonyl (C=O) groups excluding carboxylic acids is 1. The van der Waals surface area contributed by atoms with Gasteiger partial charge in [-0.15, -0.1) is 0 Å². The Kier molecular flexibility index (Phi) is 4.15. The molecule has 1 heterocycles. The van der Waals surface area contributed by atoms with E-state index in [9.17, 15) is 4.79 Å². The van der Waals surface area contributed by atoms with Crippen LogP contribution in [0.4, 0.5) is 0 Å². The molecule has 1 N–H and O–H groups in total. The van der Waals surface area contributed by atoms with Gasteiger partial charge in [-0.3, -0.25) is 4.79 Å². The molecule has 3 aromatic rings. The van der Waals surface area contributed by atoms with Crippen LogP contribution in [0.1, 0.15) is 17.8 Å². The van der Waals surface area contributed by atoms with Crippen LogP contribution in [0.3, 0.4) is 0 Å². The zero-order valence-electron chi connectivity index (χ0n) is 13.8. The molecule has 1 amide bonds. The van der Waals surface area contributed by atoms with E-state index in [1.165, 1.54) is 11.1 Å². The zero-order chi connectivity index (χ0) is 16.4. The van der Waals surface area contributed by atoms with E-state index >= 15 is 0 Å². The van der Waals surface area contributed by atoms with Crippen molar-refractivity contribution in [1.82, 2.24) is 14.9 Å². The predicted octanol–water partition coefficient (Wildman–Crippen LogP) is 3.23. The third kappa shape index (κ3) is 2.97. The van der Waals surface area contributed by atoms with Gasteiger partial charge in [0, 0.05) is 26.9 Å². The van der Waals surface area contributed by atoms with Gasteiger partial charge >= 0.3 is 0 Å². The minimum atomic E-state index is 0.0405. The van der Waals surface area contributed by atoms with Gasteiger partial charge in [-0.25, -0.2) is 4.98 Å². The highest BCUT2D eigenvalue weighted by Gasteiger charge is 2.12. The first kappa shape index (κ1) is 15.3. The Bertz CT molecular complexity index is 850. The van der Waals surface area contributed by atoms with Crippen molar-refractivity contribution in [2.24, 2.45) is 7.05 Å². The Labute approximate surface area is 136 Å². The Morgan fingerprint density at radius 1 is 1.17 bits per heavy atom. The maximum atomic E-state index is 11.5. The van der Waals surface area contributed by atoms with E-state index in [2.05, 4.69) is 41.1 Å². The molecule has 0 saturated heterocycles. The van der Waals surface area contributed by atoms with Crippen molar-refractivity contribution in [3.63, 3.8) is 0 Å². The fraction of sp³-hybridized carbons (Fsp3) is 0.263. The summed E-state index contributed by atoms with van der Waals surface area (Å²) in [4.78, 5) is 16.2. The van der Waals surface area contributed by atoms with Crippen LogP contribution < -0.4 is 5.32 Å². The maximum Gasteiger partial charge on any atom is 0.220 e. The SMILES string of the molecule is CNC(=O)CCc1nc2c(C)cc(-c3ccccc3)cc2n1C. The molecular formula is C19H21N3O. The van der Waals surface area contributed by atoms with Crippen LogP contribution in [0.5, 0.6) is 0 Å². The van der Waals surface area contributed by atoms with E-state index in [0.717, 1.165) is 22.4 Å². The standard InChI is InChI=1S/C19H21N3O/c1-13-11-15(14-7-5-4-6-8-14)12-16-19(13)21-17(22(16)3)9-10-18(23)20-2/h4-8,11-12H,9-10H2,1-3H3,(H,20,23). The number of rotatable bonds is 4. The van der Waals surface area contributed by atoms with Crippen molar-refractivity contribution in [3.8, 4) is 11.1 Å². The van der Waals surface area contributed by atoms with Crippen molar-refractivity contribution >= 4 is 16.9 Å². The number of aryl methyl sites for hydroxylation is 3. The molecule has 1 aromatic heterocycles. The number of aromatic nitrogens is 2. The molecule has 0 radical (unpaired) electrons. The normalized spacial score (nSPS) is 10.9. The number of fused-ring (bicyclic) bond motifs is 1. The molecule has 0 unspecified atom stereocenters. The second kappa shape index (κ2) is 6.24. The molecule has 0 aliphatic carbocycles. The number of hydrogen-bond acceptors (Lipinski definition) is 2. The summed E-state index contributed by atoms with van der Waals surface area (Å²) in [6.07, 6.45) is 1.10. The molecule has 2 aromatic carbocycles. The van der Waals surface area contributed by atoms with Gasteiger partial charge in [0.15, 0.2) is 0 Å². The molecule has 0 atom stereocenters. The van der Waals surface area contributed by atoms with Crippen molar-refractivity contribution in [3.05, 3.63) is 53.9 Å². The molecule has 0 saturated carbocycles. The summed E-state index contributed by atoms with van der Waals surface area (Å²) in [5.74, 6) is 0.982. The lowest BCUT2D eigenvalue weighted by molar-refractivity contribution is -0.120. The first-order chi connectivity index (χ1) is 11.1. The zero-order valence-corrected chi connectivity index (χ0v) is 13.8. The molecule has 0 aliphatic heterocycles. The van der Waals surface area contributed by atoms with Gasteiger partial charge in [0.2, 0.25) is 5.91 Å². The molecule has 3 rings (SSSR count). The average molecular weight is 307 g/mol. The Morgan fingerprint density at radius 3 is 2.61 bits per heavy atom. The number of benzene rings is 2. The van der Waals surface area contributed by atoms with Gasteiger partial charge in [0.1, 0.15) is 5.82 Å². The van der Waals surface area contributed by atoms with Crippen LogP contribution >= 0.6 is 0 Å². The molecule has 0 aliphatic rings. The third-order valence-electron chi connectivity index (χ3n) is 4.23. The highest BCUT2D eigenvalue weighted by Crippen LogP contribution is 2.27. The van der Waals surface area contributed by atoms with Crippen molar-refractivity contribution < 1.29 is 4.79 Å². The number of amides is 1. The predicted molar refractivity (Wildman–Crippen MR) is 93.3 cm³/mol. The molecule has 4 heteroatoms. The van der Waals surface area contributed by atoms with Crippen molar-refractivity contribution in [1.29, 1.82) is 0 Å². The highest BCUT2D eigenvalue weighted by molar-refractivity contribution is 5.85. The number of carbonyl (C=O) groups is 1.